The number of unbranched alkanes of at least 4 members (excludes halogenated alkanes) is 1. The van der Waals surface area contributed by atoms with Crippen molar-refractivity contribution in [1.82, 2.24) is 15.5 Å². The molecule has 1 aliphatic carbocycles. The number of amides is 1. The smallest absolute Gasteiger partial charge is 0.234 e. The Morgan fingerprint density at radius 2 is 2.17 bits per heavy atom. The van der Waals surface area contributed by atoms with Gasteiger partial charge in [0.05, 0.1) is 11.3 Å². The van der Waals surface area contributed by atoms with E-state index in [0.29, 0.717) is 0 Å². The molecule has 24 heavy (non-hydrogen) atoms. The Kier molecular flexibility index (Phi) is 7.31. The van der Waals surface area contributed by atoms with E-state index in [4.69, 9.17) is 0 Å². The Morgan fingerprint density at radius 1 is 1.42 bits per heavy atom. The van der Waals surface area contributed by atoms with Gasteiger partial charge in [0, 0.05) is 6.54 Å². The molecule has 0 saturated heterocycles. The van der Waals surface area contributed by atoms with Gasteiger partial charge in [-0.05, 0) is 26.2 Å². The first-order valence-electron chi connectivity index (χ1n) is 8.56. The second kappa shape index (κ2) is 9.23. The van der Waals surface area contributed by atoms with Gasteiger partial charge in [0.1, 0.15) is 5.54 Å². The van der Waals surface area contributed by atoms with Gasteiger partial charge in [-0.3, -0.25) is 4.79 Å². The van der Waals surface area contributed by atoms with Crippen molar-refractivity contribution >= 4 is 34.1 Å². The van der Waals surface area contributed by atoms with Crippen LogP contribution >= 0.6 is 23.1 Å². The molecule has 1 aliphatic rings. The van der Waals surface area contributed by atoms with Crippen molar-refractivity contribution < 1.29 is 4.79 Å². The highest BCUT2D eigenvalue weighted by Gasteiger charge is 2.35. The van der Waals surface area contributed by atoms with Crippen molar-refractivity contribution in [3.05, 3.63) is 0 Å². The summed E-state index contributed by atoms with van der Waals surface area (Å²) >= 11 is 2.86. The molecule has 1 aromatic heterocycles. The van der Waals surface area contributed by atoms with Gasteiger partial charge in [0.25, 0.3) is 0 Å². The maximum absolute atomic E-state index is 12.5. The molecule has 2 N–H and O–H groups in total. The molecule has 0 spiro atoms. The number of carbonyl (C=O) groups excluding carboxylic acids is 1. The fourth-order valence-electron chi connectivity index (χ4n) is 2.66. The molecule has 8 heteroatoms. The minimum Gasteiger partial charge on any atom is -0.360 e. The minimum absolute atomic E-state index is 0.0980. The first kappa shape index (κ1) is 19.0. The van der Waals surface area contributed by atoms with E-state index < -0.39 is 5.54 Å². The van der Waals surface area contributed by atoms with E-state index in [9.17, 15) is 10.1 Å². The minimum atomic E-state index is -0.682. The fraction of sp³-hybridized carbons (Fsp3) is 0.750. The molecule has 1 atom stereocenters. The lowest BCUT2D eigenvalue weighted by molar-refractivity contribution is -0.121. The van der Waals surface area contributed by atoms with Crippen molar-refractivity contribution in [3.63, 3.8) is 0 Å². The number of thioether (sulfide) groups is 1. The van der Waals surface area contributed by atoms with Crippen LogP contribution in [0.15, 0.2) is 4.34 Å². The van der Waals surface area contributed by atoms with Gasteiger partial charge in [-0.25, -0.2) is 0 Å². The van der Waals surface area contributed by atoms with E-state index in [1.54, 1.807) is 0 Å². The van der Waals surface area contributed by atoms with Gasteiger partial charge in [-0.1, -0.05) is 55.7 Å². The average Bonchev–Trinajstić information content (AvgIpc) is 3.03. The zero-order chi connectivity index (χ0) is 17.4. The molecular formula is C16H25N5OS2. The van der Waals surface area contributed by atoms with Gasteiger partial charge in [-0.15, -0.1) is 10.2 Å². The van der Waals surface area contributed by atoms with Crippen LogP contribution in [-0.4, -0.2) is 33.4 Å². The maximum Gasteiger partial charge on any atom is 0.234 e. The summed E-state index contributed by atoms with van der Waals surface area (Å²) in [7, 11) is 0. The van der Waals surface area contributed by atoms with E-state index in [2.05, 4.69) is 33.8 Å². The number of nitrogens with one attached hydrogen (secondary N) is 2. The number of aromatic nitrogens is 2. The Hall–Kier alpha value is -1.33. The molecule has 1 aromatic rings. The molecule has 0 bridgehead atoms. The molecule has 1 fully saturated rings. The number of nitriles is 1. The van der Waals surface area contributed by atoms with Crippen LogP contribution in [0.5, 0.6) is 0 Å². The Bertz CT molecular complexity index is 577. The van der Waals surface area contributed by atoms with Gasteiger partial charge in [0.15, 0.2) is 4.34 Å². The maximum atomic E-state index is 12.5. The molecule has 1 amide bonds. The van der Waals surface area contributed by atoms with Crippen molar-refractivity contribution in [3.8, 4) is 6.07 Å². The van der Waals surface area contributed by atoms with Crippen LogP contribution in [-0.2, 0) is 4.79 Å². The molecule has 132 valence electrons. The summed E-state index contributed by atoms with van der Waals surface area (Å²) in [6.07, 6.45) is 6.86. The SMILES string of the molecule is CCCCNc1nnc(SC(C)C(=O)NC2(C#N)CCCCC2)s1. The highest BCUT2D eigenvalue weighted by atomic mass is 32.2. The number of rotatable bonds is 8. The Labute approximate surface area is 151 Å². The Morgan fingerprint density at radius 3 is 2.83 bits per heavy atom. The molecule has 2 rings (SSSR count). The van der Waals surface area contributed by atoms with Crippen molar-refractivity contribution in [1.29, 1.82) is 5.26 Å². The summed E-state index contributed by atoms with van der Waals surface area (Å²) in [4.78, 5) is 12.5. The van der Waals surface area contributed by atoms with Gasteiger partial charge >= 0.3 is 0 Å². The van der Waals surface area contributed by atoms with Crippen LogP contribution in [0.4, 0.5) is 5.13 Å². The first-order chi connectivity index (χ1) is 11.6. The Balaban J connectivity index is 1.86. The lowest BCUT2D eigenvalue weighted by atomic mass is 9.83. The highest BCUT2D eigenvalue weighted by molar-refractivity contribution is 8.02. The van der Waals surface area contributed by atoms with Gasteiger partial charge < -0.3 is 10.6 Å². The first-order valence-corrected chi connectivity index (χ1v) is 10.3. The van der Waals surface area contributed by atoms with Gasteiger partial charge in [-0.2, -0.15) is 5.26 Å². The molecule has 1 saturated carbocycles. The molecule has 6 nitrogen and oxygen atoms in total. The summed E-state index contributed by atoms with van der Waals surface area (Å²) in [5, 5.41) is 24.4. The van der Waals surface area contributed by atoms with Crippen LogP contribution in [0, 0.1) is 11.3 Å². The van der Waals surface area contributed by atoms with Crippen molar-refractivity contribution in [2.45, 2.75) is 73.9 Å². The van der Waals surface area contributed by atoms with Crippen LogP contribution in [0.1, 0.15) is 58.8 Å². The van der Waals surface area contributed by atoms with Crippen LogP contribution < -0.4 is 10.6 Å². The van der Waals surface area contributed by atoms with Crippen LogP contribution in [0.25, 0.3) is 0 Å². The summed E-state index contributed by atoms with van der Waals surface area (Å²) in [6, 6.07) is 2.32. The third-order valence-electron chi connectivity index (χ3n) is 4.14. The summed E-state index contributed by atoms with van der Waals surface area (Å²) in [5.74, 6) is -0.0980. The third kappa shape index (κ3) is 5.35. The quantitative estimate of drug-likeness (QED) is 0.539. The highest BCUT2D eigenvalue weighted by Crippen LogP contribution is 2.31. The van der Waals surface area contributed by atoms with E-state index in [1.807, 2.05) is 6.92 Å². The van der Waals surface area contributed by atoms with E-state index in [-0.39, 0.29) is 11.2 Å². The third-order valence-corrected chi connectivity index (χ3v) is 6.21. The van der Waals surface area contributed by atoms with Crippen molar-refractivity contribution in [2.24, 2.45) is 0 Å². The number of anilines is 1. The molecular weight excluding hydrogens is 342 g/mol. The topological polar surface area (TPSA) is 90.7 Å². The molecule has 1 heterocycles. The number of hydrogen-bond donors (Lipinski definition) is 2. The number of carbonyl (C=O) groups is 1. The second-order valence-corrected chi connectivity index (χ2v) is 8.72. The molecule has 0 radical (unpaired) electrons. The zero-order valence-electron chi connectivity index (χ0n) is 14.3. The molecule has 1 unspecified atom stereocenters. The van der Waals surface area contributed by atoms with E-state index >= 15 is 0 Å². The van der Waals surface area contributed by atoms with Gasteiger partial charge in [0.2, 0.25) is 11.0 Å². The van der Waals surface area contributed by atoms with E-state index in [1.165, 1.54) is 23.1 Å². The largest absolute Gasteiger partial charge is 0.360 e. The lowest BCUT2D eigenvalue weighted by Crippen LogP contribution is -2.50. The average molecular weight is 368 g/mol. The predicted molar refractivity (Wildman–Crippen MR) is 98.2 cm³/mol. The summed E-state index contributed by atoms with van der Waals surface area (Å²) in [5.41, 5.74) is -0.682. The fourth-order valence-corrected chi connectivity index (χ4v) is 4.58. The normalized spacial score (nSPS) is 17.7. The van der Waals surface area contributed by atoms with Crippen LogP contribution in [0.2, 0.25) is 0 Å². The summed E-state index contributed by atoms with van der Waals surface area (Å²) < 4.78 is 0.770. The summed E-state index contributed by atoms with van der Waals surface area (Å²) in [6.45, 7) is 4.87. The molecule has 0 aliphatic heterocycles. The monoisotopic (exact) mass is 367 g/mol. The zero-order valence-corrected chi connectivity index (χ0v) is 15.9. The molecule has 0 aromatic carbocycles. The lowest BCUT2D eigenvalue weighted by Gasteiger charge is -2.32. The van der Waals surface area contributed by atoms with Crippen LogP contribution in [0.3, 0.4) is 0 Å². The predicted octanol–water partition coefficient (Wildman–Crippen LogP) is 3.57. The van der Waals surface area contributed by atoms with Crippen molar-refractivity contribution in [2.75, 3.05) is 11.9 Å². The second-order valence-electron chi connectivity index (χ2n) is 6.16. The standard InChI is InChI=1S/C16H25N5OS2/c1-3-4-10-18-14-20-21-15(24-14)23-12(2)13(22)19-16(11-17)8-6-5-7-9-16/h12H,3-10H2,1-2H3,(H,18,20)(H,19,22). The number of hydrogen-bond acceptors (Lipinski definition) is 7. The van der Waals surface area contributed by atoms with E-state index in [0.717, 1.165) is 61.0 Å². The number of nitrogens with zero attached hydrogens (tertiary/aromatic N) is 3.